The van der Waals surface area contributed by atoms with Crippen molar-refractivity contribution in [3.05, 3.63) is 231 Å². The van der Waals surface area contributed by atoms with Gasteiger partial charge in [-0.2, -0.15) is 14.8 Å². The number of H-pyrrole nitrogens is 1. The third kappa shape index (κ3) is 26.8. The number of carboxylic acids is 1. The van der Waals surface area contributed by atoms with E-state index < -0.39 is 48.1 Å². The molecule has 20 rings (SSSR count). The van der Waals surface area contributed by atoms with Crippen LogP contribution in [0.3, 0.4) is 0 Å². The number of imidazole rings is 3. The number of pyridine rings is 5. The molecule has 41 nitrogen and oxygen atoms in total. The van der Waals surface area contributed by atoms with Crippen LogP contribution >= 0.6 is 46.4 Å². The standard InChI is InChI=1S/C23H20F2N10O2.C13H11FN6O2.C11H10ClFN2.C9H10FN5O.C8H9FN2.C5H4ClFN2.C4H6N4O2.C3H7BO2.C3H4Cl2O/c1-37-20-7-5-18(34-12-26-30-32-34)16(21(20)25)4-6-19(36)22-28-31-35(29-22)11-15-10-33-9-14(13-2-3-13)8-17(24)23(33)27-15;14-10-3-8(7-1-2-7)4-19-5-9(15-12(10)19)6-20-17-11(13(21)22)16-18-20;12-4-9-6-15-5-8(7-1-2-7)3-10(13)11(15)14-9;1-16-8-3-2-7(6(4-11)9(8)10)15-5-12-13-14-15;9-7-3-6(5-1-2-5)4-11-8(7)10;6-3-1-4(7)5(8)9-2-3;1-2-10-4(9)3-5-7-8-6-3;5-4(6)3-1-2-3;4-1-3(6)2-5/h5,7-10,12-13H,2-4,6,11H2,1H3;3-5,7H,1-2,6H2,(H,21,22);3,5-7H,1-2,4H2;2-3,5H,4,11H2,1H3;3-5H,1-2H2,(H2,10,11);1-2H,(H2,8,9);2H2,1H3,(H,5,6,7,8);3,5-6H,1-2H2;1-2H2. The fourth-order valence-electron chi connectivity index (χ4n) is 12.3. The quantitative estimate of drug-likeness (QED) is 0.00972. The molecule has 0 aliphatic heterocycles. The molecule has 5 aliphatic rings. The van der Waals surface area contributed by atoms with Crippen LogP contribution in [0.25, 0.3) is 28.3 Å². The zero-order valence-corrected chi connectivity index (χ0v) is 73.1. The minimum Gasteiger partial charge on any atom is -0.494 e. The number of alkyl halides is 3. The van der Waals surface area contributed by atoms with E-state index in [0.29, 0.717) is 75.8 Å². The maximum atomic E-state index is 15.0. The van der Waals surface area contributed by atoms with Gasteiger partial charge in [-0.25, -0.2) is 74.6 Å². The number of fused-ring (bicyclic) bond motifs is 3. The van der Waals surface area contributed by atoms with Crippen molar-refractivity contribution in [2.45, 2.75) is 139 Å². The van der Waals surface area contributed by atoms with Crippen LogP contribution in [0.4, 0.5) is 42.4 Å². The summed E-state index contributed by atoms with van der Waals surface area (Å²) >= 11 is 21.1. The lowest BCUT2D eigenvalue weighted by atomic mass is 9.84. The second-order valence-corrected chi connectivity index (χ2v) is 30.8. The monoisotopic (exact) mass is 1910 g/mol. The van der Waals surface area contributed by atoms with Crippen molar-refractivity contribution < 1.29 is 79.3 Å². The summed E-state index contributed by atoms with van der Waals surface area (Å²) in [5.41, 5.74) is 23.7. The van der Waals surface area contributed by atoms with Gasteiger partial charge in [-0.1, -0.05) is 24.4 Å². The van der Waals surface area contributed by atoms with Crippen molar-refractivity contribution in [1.82, 2.24) is 140 Å². The SMILES string of the molecule is CCOC(=O)c1nn[nH]n1.COc1ccc(-n2cnnn2)c(CCC(=O)c2nnn(Cc3cn4cc(C5CC5)cc(F)c4n3)n2)c1F.COc1ccc(-n2cnnn2)c(CN)c1F.Fc1cc(C2CC2)cn2cc(CCl)nc12.Nc1ncc(C2CC2)cc1F.Nc1ncc(Cl)cc1F.O=C(CCl)CCl.O=C(O)c1nnn(Cc2cn3cc(C4CC4)cc(F)c3n2)n1.OB(O)C1CC1. The van der Waals surface area contributed by atoms with Crippen molar-refractivity contribution in [3.8, 4) is 22.9 Å². The molecule has 5 saturated carbocycles. The van der Waals surface area contributed by atoms with Crippen molar-refractivity contribution in [2.75, 3.05) is 44.1 Å². The number of Topliss-reactive ketones (excluding diaryl/α,β-unsaturated/α-hetero) is 2. The number of carbonyl (C=O) groups excluding carboxylic acids is 3. The highest BCUT2D eigenvalue weighted by Crippen LogP contribution is 2.44. The molecule has 0 atom stereocenters. The van der Waals surface area contributed by atoms with E-state index in [1.165, 1.54) is 90.4 Å². The Hall–Kier alpha value is -13.7. The number of carbonyl (C=O) groups is 4. The first-order chi connectivity index (χ1) is 63.6. The van der Waals surface area contributed by atoms with Crippen LogP contribution in [0.1, 0.15) is 184 Å². The summed E-state index contributed by atoms with van der Waals surface area (Å²) in [6, 6.07) is 13.5. The van der Waals surface area contributed by atoms with Crippen LogP contribution in [0.15, 0.2) is 117 Å². The van der Waals surface area contributed by atoms with Gasteiger partial charge in [0, 0.05) is 73.7 Å². The second kappa shape index (κ2) is 45.7. The van der Waals surface area contributed by atoms with E-state index in [4.69, 9.17) is 88.2 Å². The lowest BCUT2D eigenvalue weighted by Crippen LogP contribution is -2.10. The molecule has 0 saturated heterocycles. The van der Waals surface area contributed by atoms with E-state index in [0.717, 1.165) is 84.5 Å². The Morgan fingerprint density at radius 2 is 1.00 bits per heavy atom. The molecule has 53 heteroatoms. The molecule has 132 heavy (non-hydrogen) atoms. The number of aromatic amines is 1. The molecule has 0 amide bonds. The van der Waals surface area contributed by atoms with Crippen LogP contribution in [0.5, 0.6) is 11.5 Å². The second-order valence-electron chi connectivity index (χ2n) is 29.5. The fourth-order valence-corrected chi connectivity index (χ4v) is 12.8. The largest absolute Gasteiger partial charge is 0.494 e. The number of rotatable bonds is 24. The van der Waals surface area contributed by atoms with Gasteiger partial charge in [0.1, 0.15) is 25.7 Å². The Morgan fingerprint density at radius 3 is 1.38 bits per heavy atom. The number of nitrogens with one attached hydrogen (secondary N) is 1. The van der Waals surface area contributed by atoms with Crippen molar-refractivity contribution in [2.24, 2.45) is 5.73 Å². The van der Waals surface area contributed by atoms with Gasteiger partial charge < -0.3 is 59.8 Å². The van der Waals surface area contributed by atoms with Crippen LogP contribution in [0.2, 0.25) is 10.8 Å². The molecule has 692 valence electrons. The molecule has 13 aromatic heterocycles. The normalized spacial score (nSPS) is 13.4. The number of ether oxygens (including phenoxy) is 3. The van der Waals surface area contributed by atoms with E-state index >= 15 is 4.39 Å². The number of hydrogen-bond acceptors (Lipinski definition) is 32. The highest BCUT2D eigenvalue weighted by atomic mass is 35.5. The Kier molecular flexibility index (Phi) is 33.7. The van der Waals surface area contributed by atoms with Gasteiger partial charge in [0.15, 0.2) is 86.6 Å². The van der Waals surface area contributed by atoms with E-state index in [1.807, 2.05) is 18.6 Å². The molecule has 0 bridgehead atoms. The number of carboxylic acid groups (broad SMARTS) is 1. The summed E-state index contributed by atoms with van der Waals surface area (Å²) in [6.45, 7) is 2.29. The number of aromatic nitrogens is 28. The molecule has 13 heterocycles. The first-order valence-electron chi connectivity index (χ1n) is 40.2. The van der Waals surface area contributed by atoms with E-state index in [-0.39, 0.29) is 136 Å². The van der Waals surface area contributed by atoms with Gasteiger partial charge in [-0.15, -0.1) is 75.6 Å². The fraction of sp³-hybridized carbons (Fsp3) is 0.342. The minimum absolute atomic E-state index is 0.00519. The van der Waals surface area contributed by atoms with Gasteiger partial charge in [0.2, 0.25) is 11.6 Å². The average Bonchev–Trinajstić information content (AvgIpc) is 1.62. The number of nitrogen functional groups attached to an aromatic ring is 2. The molecular formula is C79H81BCl4F7N31O10. The Balaban J connectivity index is 0.000000143. The maximum absolute atomic E-state index is 15.0. The number of ketones is 2. The number of esters is 1. The van der Waals surface area contributed by atoms with E-state index in [9.17, 15) is 45.5 Å². The molecule has 10 N–H and O–H groups in total. The number of anilines is 2. The smallest absolute Gasteiger partial charge is 0.454 e. The predicted molar refractivity (Wildman–Crippen MR) is 458 cm³/mol. The van der Waals surface area contributed by atoms with Crippen molar-refractivity contribution >= 4 is 106 Å². The number of benzene rings is 2. The summed E-state index contributed by atoms with van der Waals surface area (Å²) in [5, 5.41) is 81.9. The number of tetrazole rings is 5. The lowest BCUT2D eigenvalue weighted by Gasteiger charge is -2.12. The van der Waals surface area contributed by atoms with E-state index in [2.05, 4.69) is 112 Å². The number of nitrogens with two attached hydrogens (primary N) is 3. The number of hydrogen-bond donors (Lipinski definition) is 7. The molecule has 0 radical (unpaired) electrons. The first-order valence-corrected chi connectivity index (χ1v) is 42.2. The van der Waals surface area contributed by atoms with Gasteiger partial charge in [0.25, 0.3) is 11.6 Å². The number of aromatic carboxylic acids is 1. The predicted octanol–water partition coefficient (Wildman–Crippen LogP) is 9.94. The zero-order valence-electron chi connectivity index (χ0n) is 70.0. The maximum Gasteiger partial charge on any atom is 0.454 e. The minimum atomic E-state index is -1.25. The summed E-state index contributed by atoms with van der Waals surface area (Å²) in [5.74, 6) is -3.38. The number of nitrogens with zero attached hydrogens (tertiary/aromatic N) is 27. The van der Waals surface area contributed by atoms with Crippen LogP contribution in [-0.2, 0) is 41.5 Å². The van der Waals surface area contributed by atoms with Crippen LogP contribution in [-0.4, -0.2) is 218 Å². The molecule has 5 aliphatic carbocycles. The third-order valence-electron chi connectivity index (χ3n) is 19.7. The van der Waals surface area contributed by atoms with E-state index in [1.54, 1.807) is 63.1 Å². The average molecular weight is 1910 g/mol. The molecule has 2 aromatic carbocycles. The molecule has 5 fully saturated rings. The summed E-state index contributed by atoms with van der Waals surface area (Å²) in [7, 11) is 1.72. The highest BCUT2D eigenvalue weighted by molar-refractivity contribution is 6.44. The topological polar surface area (TPSA) is 541 Å². The Morgan fingerprint density at radius 1 is 0.553 bits per heavy atom. The van der Waals surface area contributed by atoms with Crippen molar-refractivity contribution in [1.29, 1.82) is 0 Å². The lowest BCUT2D eigenvalue weighted by molar-refractivity contribution is -0.114. The first kappa shape index (κ1) is 97.3. The van der Waals surface area contributed by atoms with Gasteiger partial charge >= 0.3 is 19.1 Å². The highest BCUT2D eigenvalue weighted by Gasteiger charge is 2.34. The van der Waals surface area contributed by atoms with Gasteiger partial charge in [-0.3, -0.25) is 9.59 Å². The number of methoxy groups -OCH3 is 2. The third-order valence-corrected chi connectivity index (χ3v) is 20.8. The van der Waals surface area contributed by atoms with Gasteiger partial charge in [0.05, 0.1) is 71.9 Å². The molecule has 0 unspecified atom stereocenters. The van der Waals surface area contributed by atoms with Crippen molar-refractivity contribution in [3.63, 3.8) is 0 Å². The molecule has 0 spiro atoms. The number of halogens is 11. The van der Waals surface area contributed by atoms with Crippen LogP contribution in [0, 0.1) is 40.7 Å². The summed E-state index contributed by atoms with van der Waals surface area (Å²) in [4.78, 5) is 66.3. The van der Waals surface area contributed by atoms with Crippen LogP contribution < -0.4 is 26.7 Å². The molecule has 15 aromatic rings. The summed E-state index contributed by atoms with van der Waals surface area (Å²) < 4.78 is 118. The molecular weight excluding hydrogens is 1830 g/mol. The summed E-state index contributed by atoms with van der Waals surface area (Å²) in [6.07, 6.45) is 27.5. The van der Waals surface area contributed by atoms with Gasteiger partial charge in [-0.05, 0) is 208 Å². The Labute approximate surface area is 762 Å². The Bertz CT molecular complexity index is 6440. The zero-order chi connectivity index (χ0) is 94.4.